The van der Waals surface area contributed by atoms with E-state index in [-0.39, 0.29) is 17.3 Å². The number of carbonyl (C=O) groups is 1. The molecule has 1 N–H and O–H groups in total. The first-order valence-electron chi connectivity index (χ1n) is 7.42. The molecular weight excluding hydrogens is 294 g/mol. The highest BCUT2D eigenvalue weighted by Gasteiger charge is 2.32. The molecule has 0 bridgehead atoms. The maximum atomic E-state index is 12.3. The standard InChI is InChI=1S/C16H15N5O2/c1-10(22)11-8-20(9-11)16-18-14-13(15(23)19-16)7-17-21(14)12-5-3-2-4-6-12/h2-7,11H,8-9H2,1H3,(H,18,19,23). The highest BCUT2D eigenvalue weighted by molar-refractivity contribution is 5.82. The molecule has 0 amide bonds. The van der Waals surface area contributed by atoms with Crippen LogP contribution in [0.1, 0.15) is 6.92 Å². The topological polar surface area (TPSA) is 83.9 Å². The van der Waals surface area contributed by atoms with Crippen LogP contribution in [0.4, 0.5) is 5.95 Å². The summed E-state index contributed by atoms with van der Waals surface area (Å²) in [7, 11) is 0. The molecule has 0 unspecified atom stereocenters. The summed E-state index contributed by atoms with van der Waals surface area (Å²) in [6.07, 6.45) is 1.52. The maximum absolute atomic E-state index is 12.3. The fourth-order valence-electron chi connectivity index (χ4n) is 2.72. The molecule has 0 radical (unpaired) electrons. The van der Waals surface area contributed by atoms with Gasteiger partial charge in [0.1, 0.15) is 11.2 Å². The summed E-state index contributed by atoms with van der Waals surface area (Å²) >= 11 is 0. The van der Waals surface area contributed by atoms with Gasteiger partial charge < -0.3 is 4.90 Å². The Morgan fingerprint density at radius 3 is 2.70 bits per heavy atom. The highest BCUT2D eigenvalue weighted by atomic mass is 16.1. The van der Waals surface area contributed by atoms with Gasteiger partial charge in [-0.15, -0.1) is 0 Å². The van der Waals surface area contributed by atoms with Crippen LogP contribution in [-0.2, 0) is 4.79 Å². The second-order valence-electron chi connectivity index (χ2n) is 5.73. The minimum atomic E-state index is -0.224. The number of H-pyrrole nitrogens is 1. The molecule has 0 spiro atoms. The summed E-state index contributed by atoms with van der Waals surface area (Å²) in [5, 5.41) is 4.72. The monoisotopic (exact) mass is 309 g/mol. The molecule has 2 aromatic heterocycles. The van der Waals surface area contributed by atoms with Crippen LogP contribution >= 0.6 is 0 Å². The lowest BCUT2D eigenvalue weighted by Gasteiger charge is -2.37. The fourth-order valence-corrected chi connectivity index (χ4v) is 2.72. The van der Waals surface area contributed by atoms with Crippen molar-refractivity contribution in [2.75, 3.05) is 18.0 Å². The van der Waals surface area contributed by atoms with Crippen molar-refractivity contribution < 1.29 is 4.79 Å². The van der Waals surface area contributed by atoms with Gasteiger partial charge in [0.15, 0.2) is 5.65 Å². The number of carbonyl (C=O) groups excluding carboxylic acids is 1. The van der Waals surface area contributed by atoms with Gasteiger partial charge in [0, 0.05) is 13.1 Å². The average molecular weight is 309 g/mol. The lowest BCUT2D eigenvalue weighted by Crippen LogP contribution is -2.51. The van der Waals surface area contributed by atoms with Gasteiger partial charge in [0.25, 0.3) is 5.56 Å². The molecule has 7 nitrogen and oxygen atoms in total. The molecule has 0 atom stereocenters. The molecule has 4 rings (SSSR count). The number of hydrogen-bond acceptors (Lipinski definition) is 5. The SMILES string of the molecule is CC(=O)C1CN(c2nc3c(cnn3-c3ccccc3)c(=O)[nH]2)C1. The highest BCUT2D eigenvalue weighted by Crippen LogP contribution is 2.23. The molecule has 3 heterocycles. The number of aromatic amines is 1. The third kappa shape index (κ3) is 2.21. The van der Waals surface area contributed by atoms with Crippen LogP contribution in [0.3, 0.4) is 0 Å². The Morgan fingerprint density at radius 2 is 2.00 bits per heavy atom. The van der Waals surface area contributed by atoms with Crippen LogP contribution in [-0.4, -0.2) is 38.6 Å². The predicted molar refractivity (Wildman–Crippen MR) is 85.9 cm³/mol. The number of rotatable bonds is 3. The van der Waals surface area contributed by atoms with Crippen molar-refractivity contribution in [2.24, 2.45) is 5.92 Å². The van der Waals surface area contributed by atoms with Gasteiger partial charge in [-0.05, 0) is 19.1 Å². The van der Waals surface area contributed by atoms with E-state index in [4.69, 9.17) is 0 Å². The molecule has 23 heavy (non-hydrogen) atoms. The Morgan fingerprint density at radius 1 is 1.26 bits per heavy atom. The number of nitrogens with zero attached hydrogens (tertiary/aromatic N) is 4. The molecule has 1 aliphatic heterocycles. The van der Waals surface area contributed by atoms with E-state index in [2.05, 4.69) is 15.1 Å². The molecule has 1 aliphatic rings. The predicted octanol–water partition coefficient (Wildman–Crippen LogP) is 1.13. The summed E-state index contributed by atoms with van der Waals surface area (Å²) in [6, 6.07) is 9.55. The van der Waals surface area contributed by atoms with Crippen molar-refractivity contribution >= 4 is 22.8 Å². The van der Waals surface area contributed by atoms with Gasteiger partial charge in [0.05, 0.1) is 17.8 Å². The molecule has 1 fully saturated rings. The van der Waals surface area contributed by atoms with Crippen LogP contribution in [0.5, 0.6) is 0 Å². The first-order chi connectivity index (χ1) is 11.1. The quantitative estimate of drug-likeness (QED) is 0.784. The Labute approximate surface area is 131 Å². The van der Waals surface area contributed by atoms with E-state index < -0.39 is 0 Å². The van der Waals surface area contributed by atoms with Crippen LogP contribution in [0.15, 0.2) is 41.3 Å². The number of para-hydroxylation sites is 1. The number of Topliss-reactive ketones (excluding diaryl/α,β-unsaturated/α-hetero) is 1. The van der Waals surface area contributed by atoms with Crippen LogP contribution in [0.25, 0.3) is 16.7 Å². The van der Waals surface area contributed by atoms with Crippen molar-refractivity contribution in [3.63, 3.8) is 0 Å². The van der Waals surface area contributed by atoms with Gasteiger partial charge in [-0.25, -0.2) is 4.68 Å². The Hall–Kier alpha value is -2.96. The fraction of sp³-hybridized carbons (Fsp3) is 0.250. The molecule has 7 heteroatoms. The third-order valence-corrected chi connectivity index (χ3v) is 4.18. The van der Waals surface area contributed by atoms with E-state index in [1.807, 2.05) is 35.2 Å². The van der Waals surface area contributed by atoms with E-state index >= 15 is 0 Å². The first-order valence-corrected chi connectivity index (χ1v) is 7.42. The summed E-state index contributed by atoms with van der Waals surface area (Å²) in [5.74, 6) is 0.673. The van der Waals surface area contributed by atoms with Gasteiger partial charge in [0.2, 0.25) is 5.95 Å². The summed E-state index contributed by atoms with van der Waals surface area (Å²) < 4.78 is 1.65. The minimum Gasteiger partial charge on any atom is -0.341 e. The minimum absolute atomic E-state index is 0.0232. The van der Waals surface area contributed by atoms with Crippen molar-refractivity contribution in [1.29, 1.82) is 0 Å². The Bertz CT molecular complexity index is 938. The molecule has 0 aliphatic carbocycles. The number of aromatic nitrogens is 4. The van der Waals surface area contributed by atoms with E-state index in [9.17, 15) is 9.59 Å². The van der Waals surface area contributed by atoms with E-state index in [0.29, 0.717) is 30.1 Å². The van der Waals surface area contributed by atoms with Crippen LogP contribution < -0.4 is 10.5 Å². The second kappa shape index (κ2) is 5.05. The van der Waals surface area contributed by atoms with Gasteiger partial charge in [-0.3, -0.25) is 14.6 Å². The third-order valence-electron chi connectivity index (χ3n) is 4.18. The Balaban J connectivity index is 1.78. The number of benzene rings is 1. The molecule has 0 saturated carbocycles. The number of fused-ring (bicyclic) bond motifs is 1. The van der Waals surface area contributed by atoms with Crippen LogP contribution in [0.2, 0.25) is 0 Å². The molecule has 1 aromatic carbocycles. The van der Waals surface area contributed by atoms with Crippen LogP contribution in [0, 0.1) is 5.92 Å². The number of hydrogen-bond donors (Lipinski definition) is 1. The lowest BCUT2D eigenvalue weighted by molar-refractivity contribution is -0.121. The van der Waals surface area contributed by atoms with Gasteiger partial charge in [-0.2, -0.15) is 10.1 Å². The summed E-state index contributed by atoms with van der Waals surface area (Å²) in [6.45, 7) is 2.76. The van der Waals surface area contributed by atoms with Crippen molar-refractivity contribution in [3.8, 4) is 5.69 Å². The zero-order chi connectivity index (χ0) is 16.0. The van der Waals surface area contributed by atoms with E-state index in [1.54, 1.807) is 11.6 Å². The normalized spacial score (nSPS) is 14.9. The van der Waals surface area contributed by atoms with Crippen molar-refractivity contribution in [2.45, 2.75) is 6.92 Å². The van der Waals surface area contributed by atoms with Gasteiger partial charge >= 0.3 is 0 Å². The van der Waals surface area contributed by atoms with E-state index in [0.717, 1.165) is 5.69 Å². The molecule has 1 saturated heterocycles. The first kappa shape index (κ1) is 13.7. The summed E-state index contributed by atoms with van der Waals surface area (Å²) in [5.41, 5.74) is 1.14. The summed E-state index contributed by atoms with van der Waals surface area (Å²) in [4.78, 5) is 32.8. The zero-order valence-corrected chi connectivity index (χ0v) is 12.6. The number of ketones is 1. The lowest BCUT2D eigenvalue weighted by atomic mass is 9.97. The number of anilines is 1. The Kier molecular flexibility index (Phi) is 3.00. The maximum Gasteiger partial charge on any atom is 0.263 e. The zero-order valence-electron chi connectivity index (χ0n) is 12.6. The largest absolute Gasteiger partial charge is 0.341 e. The average Bonchev–Trinajstić information content (AvgIpc) is 2.90. The smallest absolute Gasteiger partial charge is 0.263 e. The van der Waals surface area contributed by atoms with Gasteiger partial charge in [-0.1, -0.05) is 18.2 Å². The van der Waals surface area contributed by atoms with Crippen molar-refractivity contribution in [3.05, 3.63) is 46.9 Å². The molecule has 3 aromatic rings. The van der Waals surface area contributed by atoms with E-state index in [1.165, 1.54) is 6.20 Å². The number of nitrogens with one attached hydrogen (secondary N) is 1. The molecular formula is C16H15N5O2. The van der Waals surface area contributed by atoms with Crippen molar-refractivity contribution in [1.82, 2.24) is 19.7 Å². The molecule has 116 valence electrons. The second-order valence-corrected chi connectivity index (χ2v) is 5.73.